The van der Waals surface area contributed by atoms with E-state index < -0.39 is 11.6 Å². The molecule has 10 heteroatoms. The zero-order chi connectivity index (χ0) is 19.3. The summed E-state index contributed by atoms with van der Waals surface area (Å²) < 4.78 is 15.3. The van der Waals surface area contributed by atoms with Gasteiger partial charge in [0.15, 0.2) is 5.65 Å². The van der Waals surface area contributed by atoms with Gasteiger partial charge in [0, 0.05) is 41.9 Å². The van der Waals surface area contributed by atoms with Crippen molar-refractivity contribution in [2.24, 2.45) is 0 Å². The molecule has 5 rings (SSSR count). The zero-order valence-electron chi connectivity index (χ0n) is 14.6. The highest BCUT2D eigenvalue weighted by molar-refractivity contribution is 5.68. The molecule has 0 amide bonds. The van der Waals surface area contributed by atoms with Crippen LogP contribution in [0.3, 0.4) is 0 Å². The number of halogens is 1. The Labute approximate surface area is 157 Å². The van der Waals surface area contributed by atoms with Crippen LogP contribution in [0.4, 0.5) is 10.2 Å². The summed E-state index contributed by atoms with van der Waals surface area (Å²) in [5.41, 5.74) is 2.30. The van der Waals surface area contributed by atoms with Crippen molar-refractivity contribution in [3.05, 3.63) is 58.3 Å². The van der Waals surface area contributed by atoms with E-state index in [0.29, 0.717) is 34.2 Å². The standard InChI is InChI=1S/C18H16FN7O2/c19-14-6-9(3-4-20-14)12-7-15(22-11-1-2-11)26-16(23-12)10(8-21-26)5-13-17(27)25-18(28)24-13/h3-4,6-8,11,22,27H,1-2,5H2,(H2,24,25,28). The number of fused-ring (bicyclic) bond motifs is 1. The van der Waals surface area contributed by atoms with Crippen LogP contribution in [0.15, 0.2) is 35.4 Å². The highest BCUT2D eigenvalue weighted by atomic mass is 19.1. The molecule has 4 aromatic rings. The Morgan fingerprint density at radius 1 is 1.32 bits per heavy atom. The van der Waals surface area contributed by atoms with Crippen LogP contribution < -0.4 is 11.0 Å². The van der Waals surface area contributed by atoms with E-state index in [9.17, 15) is 14.3 Å². The highest BCUT2D eigenvalue weighted by Crippen LogP contribution is 2.29. The van der Waals surface area contributed by atoms with E-state index >= 15 is 0 Å². The average molecular weight is 381 g/mol. The number of hydrogen-bond acceptors (Lipinski definition) is 6. The van der Waals surface area contributed by atoms with Gasteiger partial charge in [0.2, 0.25) is 11.8 Å². The summed E-state index contributed by atoms with van der Waals surface area (Å²) in [7, 11) is 0. The molecule has 0 saturated heterocycles. The Bertz CT molecular complexity index is 1240. The molecule has 0 radical (unpaired) electrons. The van der Waals surface area contributed by atoms with Gasteiger partial charge >= 0.3 is 5.69 Å². The molecule has 1 aliphatic rings. The van der Waals surface area contributed by atoms with Crippen molar-refractivity contribution in [2.45, 2.75) is 25.3 Å². The van der Waals surface area contributed by atoms with E-state index in [2.05, 4.69) is 30.4 Å². The first kappa shape index (κ1) is 16.5. The van der Waals surface area contributed by atoms with Crippen LogP contribution in [0, 0.1) is 5.95 Å². The predicted octanol–water partition coefficient (Wildman–Crippen LogP) is 1.82. The Morgan fingerprint density at radius 2 is 2.18 bits per heavy atom. The first-order valence-electron chi connectivity index (χ1n) is 8.83. The summed E-state index contributed by atoms with van der Waals surface area (Å²) in [4.78, 5) is 24.5. The first-order valence-corrected chi connectivity index (χ1v) is 8.83. The normalized spacial score (nSPS) is 13.9. The number of aromatic hydroxyl groups is 1. The summed E-state index contributed by atoms with van der Waals surface area (Å²) >= 11 is 0. The van der Waals surface area contributed by atoms with E-state index in [1.54, 1.807) is 16.8 Å². The fourth-order valence-corrected chi connectivity index (χ4v) is 3.11. The maximum Gasteiger partial charge on any atom is 0.325 e. The first-order chi connectivity index (χ1) is 13.6. The van der Waals surface area contributed by atoms with Crippen molar-refractivity contribution in [3.8, 4) is 17.1 Å². The minimum absolute atomic E-state index is 0.215. The molecule has 1 saturated carbocycles. The Balaban J connectivity index is 1.64. The summed E-state index contributed by atoms with van der Waals surface area (Å²) in [6, 6.07) is 5.22. The van der Waals surface area contributed by atoms with Crippen LogP contribution in [-0.4, -0.2) is 40.7 Å². The number of H-pyrrole nitrogens is 2. The van der Waals surface area contributed by atoms with Crippen molar-refractivity contribution in [2.75, 3.05) is 5.32 Å². The summed E-state index contributed by atoms with van der Waals surface area (Å²) in [5.74, 6) is -0.0507. The number of imidazole rings is 1. The highest BCUT2D eigenvalue weighted by Gasteiger charge is 2.23. The van der Waals surface area contributed by atoms with Crippen LogP contribution in [0.2, 0.25) is 0 Å². The van der Waals surface area contributed by atoms with Crippen LogP contribution >= 0.6 is 0 Å². The molecule has 0 spiro atoms. The molecule has 9 nitrogen and oxygen atoms in total. The SMILES string of the molecule is O=c1[nH]c(O)c(Cc2cnn3c(NC4CC4)cc(-c4ccnc(F)c4)nc23)[nH]1. The number of aromatic nitrogens is 6. The van der Waals surface area contributed by atoms with Gasteiger partial charge in [0.05, 0.1) is 17.6 Å². The van der Waals surface area contributed by atoms with Crippen molar-refractivity contribution in [3.63, 3.8) is 0 Å². The smallest absolute Gasteiger partial charge is 0.325 e. The minimum Gasteiger partial charge on any atom is -0.493 e. The number of aromatic amines is 2. The maximum atomic E-state index is 13.6. The second-order valence-corrected chi connectivity index (χ2v) is 6.80. The van der Waals surface area contributed by atoms with Gasteiger partial charge in [-0.05, 0) is 18.9 Å². The topological polar surface area (TPSA) is 124 Å². The molecule has 1 fully saturated rings. The van der Waals surface area contributed by atoms with Gasteiger partial charge in [-0.15, -0.1) is 0 Å². The molecular weight excluding hydrogens is 365 g/mol. The zero-order valence-corrected chi connectivity index (χ0v) is 14.6. The van der Waals surface area contributed by atoms with Gasteiger partial charge in [-0.3, -0.25) is 4.98 Å². The van der Waals surface area contributed by atoms with E-state index in [0.717, 1.165) is 18.7 Å². The number of pyridine rings is 1. The monoisotopic (exact) mass is 381 g/mol. The number of hydrogen-bond donors (Lipinski definition) is 4. The summed E-state index contributed by atoms with van der Waals surface area (Å²) in [6.07, 6.45) is 5.43. The quantitative estimate of drug-likeness (QED) is 0.391. The summed E-state index contributed by atoms with van der Waals surface area (Å²) in [6.45, 7) is 0. The van der Waals surface area contributed by atoms with Crippen molar-refractivity contribution in [1.82, 2.24) is 29.5 Å². The van der Waals surface area contributed by atoms with Crippen LogP contribution in [0.1, 0.15) is 24.1 Å². The molecule has 28 heavy (non-hydrogen) atoms. The van der Waals surface area contributed by atoms with Crippen LogP contribution in [-0.2, 0) is 6.42 Å². The van der Waals surface area contributed by atoms with Crippen LogP contribution in [0.5, 0.6) is 5.88 Å². The van der Waals surface area contributed by atoms with Gasteiger partial charge in [-0.2, -0.15) is 14.0 Å². The Hall–Kier alpha value is -3.69. The van der Waals surface area contributed by atoms with Gasteiger partial charge in [-0.25, -0.2) is 14.8 Å². The van der Waals surface area contributed by atoms with E-state index in [1.807, 2.05) is 6.07 Å². The lowest BCUT2D eigenvalue weighted by atomic mass is 10.1. The molecule has 142 valence electrons. The van der Waals surface area contributed by atoms with E-state index in [-0.39, 0.29) is 12.3 Å². The largest absolute Gasteiger partial charge is 0.493 e. The molecule has 4 heterocycles. The van der Waals surface area contributed by atoms with Crippen LogP contribution in [0.25, 0.3) is 16.9 Å². The third kappa shape index (κ3) is 2.98. The van der Waals surface area contributed by atoms with Gasteiger partial charge in [0.25, 0.3) is 0 Å². The molecule has 0 unspecified atom stereocenters. The van der Waals surface area contributed by atoms with Gasteiger partial charge in [0.1, 0.15) is 5.82 Å². The number of rotatable bonds is 5. The molecule has 0 bridgehead atoms. The third-order valence-electron chi connectivity index (χ3n) is 4.65. The molecule has 0 atom stereocenters. The second kappa shape index (κ2) is 6.19. The molecule has 1 aliphatic carbocycles. The predicted molar refractivity (Wildman–Crippen MR) is 98.7 cm³/mol. The fraction of sp³-hybridized carbons (Fsp3) is 0.222. The molecule has 0 aliphatic heterocycles. The van der Waals surface area contributed by atoms with E-state index in [4.69, 9.17) is 0 Å². The molecule has 4 aromatic heterocycles. The third-order valence-corrected chi connectivity index (χ3v) is 4.65. The summed E-state index contributed by atoms with van der Waals surface area (Å²) in [5, 5.41) is 17.7. The van der Waals surface area contributed by atoms with Crippen molar-refractivity contribution in [1.29, 1.82) is 0 Å². The molecule has 0 aromatic carbocycles. The minimum atomic E-state index is -0.584. The second-order valence-electron chi connectivity index (χ2n) is 6.80. The molecule has 4 N–H and O–H groups in total. The van der Waals surface area contributed by atoms with Crippen molar-refractivity contribution >= 4 is 11.5 Å². The number of nitrogens with one attached hydrogen (secondary N) is 3. The Morgan fingerprint density at radius 3 is 2.89 bits per heavy atom. The van der Waals surface area contributed by atoms with Gasteiger partial charge < -0.3 is 15.4 Å². The molecular formula is C18H16FN7O2. The van der Waals surface area contributed by atoms with E-state index in [1.165, 1.54) is 12.3 Å². The lowest BCUT2D eigenvalue weighted by molar-refractivity contribution is 0.450. The fourth-order valence-electron chi connectivity index (χ4n) is 3.11. The Kier molecular flexibility index (Phi) is 3.64. The number of anilines is 1. The van der Waals surface area contributed by atoms with Gasteiger partial charge in [-0.1, -0.05) is 0 Å². The maximum absolute atomic E-state index is 13.6. The van der Waals surface area contributed by atoms with Crippen molar-refractivity contribution < 1.29 is 9.50 Å². The number of nitrogens with zero attached hydrogens (tertiary/aromatic N) is 4. The lowest BCUT2D eigenvalue weighted by Crippen LogP contribution is -2.08. The average Bonchev–Trinajstić information content (AvgIpc) is 3.30. The lowest BCUT2D eigenvalue weighted by Gasteiger charge is -2.10.